The number of aryl methyl sites for hydroxylation is 1. The molecule has 0 aliphatic carbocycles. The molecule has 0 fully saturated rings. The number of halogens is 2. The smallest absolute Gasteiger partial charge is 0.328 e. The van der Waals surface area contributed by atoms with E-state index >= 15 is 0 Å². The SMILES string of the molecule is COC(=O)[C@@H]1Cc2cc(Br)c(c(Br)c2)Oc2cc(cc(C)c2O)C[C@H](N)C(=O)N[C@@H](C(C)O)C(=O)N1. The van der Waals surface area contributed by atoms with E-state index in [0.29, 0.717) is 31.4 Å². The summed E-state index contributed by atoms with van der Waals surface area (Å²) in [6, 6.07) is 3.10. The van der Waals surface area contributed by atoms with Crippen molar-refractivity contribution in [2.45, 2.75) is 50.9 Å². The van der Waals surface area contributed by atoms with Crippen molar-refractivity contribution in [3.63, 3.8) is 0 Å². The van der Waals surface area contributed by atoms with Gasteiger partial charge in [-0.1, -0.05) is 6.07 Å². The van der Waals surface area contributed by atoms with Crippen molar-refractivity contribution in [2.75, 3.05) is 7.11 Å². The summed E-state index contributed by atoms with van der Waals surface area (Å²) in [5, 5.41) is 25.8. The van der Waals surface area contributed by atoms with Crippen LogP contribution in [-0.2, 0) is 32.0 Å². The Kier molecular flexibility index (Phi) is 8.98. The van der Waals surface area contributed by atoms with E-state index in [4.69, 9.17) is 15.2 Å². The third-order valence-corrected chi connectivity index (χ3v) is 6.87. The monoisotopic (exact) mass is 627 g/mol. The summed E-state index contributed by atoms with van der Waals surface area (Å²) < 4.78 is 11.9. The number of esters is 1. The molecule has 0 spiro atoms. The maximum atomic E-state index is 13.0. The largest absolute Gasteiger partial charge is 0.504 e. The van der Waals surface area contributed by atoms with Crippen LogP contribution in [0.3, 0.4) is 0 Å². The third kappa shape index (κ3) is 6.36. The zero-order valence-corrected chi connectivity index (χ0v) is 23.0. The lowest BCUT2D eigenvalue weighted by molar-refractivity contribution is -0.145. The minimum atomic E-state index is -1.37. The summed E-state index contributed by atoms with van der Waals surface area (Å²) >= 11 is 6.93. The fourth-order valence-corrected chi connectivity index (χ4v) is 5.24. The lowest BCUT2D eigenvalue weighted by Crippen LogP contribution is -2.58. The van der Waals surface area contributed by atoms with Crippen LogP contribution in [0.5, 0.6) is 17.2 Å². The molecule has 4 atom stereocenters. The van der Waals surface area contributed by atoms with Gasteiger partial charge >= 0.3 is 5.97 Å². The van der Waals surface area contributed by atoms with E-state index in [9.17, 15) is 24.6 Å². The van der Waals surface area contributed by atoms with Gasteiger partial charge in [-0.3, -0.25) is 9.59 Å². The first-order valence-electron chi connectivity index (χ1n) is 11.0. The van der Waals surface area contributed by atoms with E-state index in [1.807, 2.05) is 0 Å². The van der Waals surface area contributed by atoms with E-state index in [0.717, 1.165) is 0 Å². The van der Waals surface area contributed by atoms with E-state index in [1.165, 1.54) is 14.0 Å². The Morgan fingerprint density at radius 1 is 1.11 bits per heavy atom. The van der Waals surface area contributed by atoms with Crippen molar-refractivity contribution >= 4 is 49.6 Å². The van der Waals surface area contributed by atoms with Crippen LogP contribution in [-0.4, -0.2) is 59.3 Å². The molecule has 10 nitrogen and oxygen atoms in total. The van der Waals surface area contributed by atoms with Crippen molar-refractivity contribution in [3.05, 3.63) is 49.9 Å². The number of rotatable bonds is 2. The number of aliphatic hydroxyl groups excluding tert-OH is 1. The number of amides is 2. The number of carbonyl (C=O) groups is 3. The number of methoxy groups -OCH3 is 1. The summed E-state index contributed by atoms with van der Waals surface area (Å²) in [5.74, 6) is -1.72. The van der Waals surface area contributed by atoms with E-state index in [2.05, 4.69) is 42.5 Å². The summed E-state index contributed by atoms with van der Waals surface area (Å²) in [5.41, 5.74) is 7.86. The van der Waals surface area contributed by atoms with E-state index < -0.39 is 42.0 Å². The number of nitrogens with two attached hydrogens (primary N) is 1. The molecule has 2 aromatic rings. The van der Waals surface area contributed by atoms with Crippen LogP contribution in [0.1, 0.15) is 23.6 Å². The van der Waals surface area contributed by atoms with Crippen molar-refractivity contribution in [3.8, 4) is 17.2 Å². The Hall–Kier alpha value is -2.67. The molecule has 2 aliphatic heterocycles. The number of aromatic hydroxyl groups is 1. The second-order valence-corrected chi connectivity index (χ2v) is 10.3. The second kappa shape index (κ2) is 11.6. The van der Waals surface area contributed by atoms with Gasteiger partial charge < -0.3 is 36.1 Å². The quantitative estimate of drug-likeness (QED) is 0.316. The normalized spacial score (nSPS) is 21.6. The molecule has 4 bridgehead atoms. The molecular weight excluding hydrogens is 602 g/mol. The van der Waals surface area contributed by atoms with Gasteiger partial charge in [0.15, 0.2) is 17.2 Å². The zero-order valence-electron chi connectivity index (χ0n) is 19.8. The molecule has 1 unspecified atom stereocenters. The molecule has 4 rings (SSSR count). The standard InChI is InChI=1S/C24H27Br2N3O7/c1-10-4-12-7-16(27)22(32)29-19(11(2)30)23(33)28-17(24(34)35-3)8-13-5-14(25)21(15(26)6-13)36-18(9-12)20(10)31/h4-6,9,11,16-17,19,30-31H,7-8,27H2,1-3H3,(H,28,33)(H,29,32)/t11?,16-,17-,19-/m0/s1. The Balaban J connectivity index is 2.13. The van der Waals surface area contributed by atoms with E-state index in [1.54, 1.807) is 31.2 Å². The molecule has 36 heavy (non-hydrogen) atoms. The van der Waals surface area contributed by atoms with Gasteiger partial charge in [-0.2, -0.15) is 0 Å². The van der Waals surface area contributed by atoms with Crippen LogP contribution < -0.4 is 21.1 Å². The summed E-state index contributed by atoms with van der Waals surface area (Å²) in [4.78, 5) is 38.3. The highest BCUT2D eigenvalue weighted by atomic mass is 79.9. The molecule has 0 saturated heterocycles. The van der Waals surface area contributed by atoms with Crippen molar-refractivity contribution in [1.82, 2.24) is 10.6 Å². The maximum absolute atomic E-state index is 13.0. The molecule has 2 amide bonds. The van der Waals surface area contributed by atoms with Gasteiger partial charge in [0, 0.05) is 6.42 Å². The Morgan fingerprint density at radius 2 is 1.72 bits per heavy atom. The van der Waals surface area contributed by atoms with Gasteiger partial charge in [-0.25, -0.2) is 4.79 Å². The molecule has 6 N–H and O–H groups in total. The maximum Gasteiger partial charge on any atom is 0.328 e. The number of ether oxygens (including phenoxy) is 2. The van der Waals surface area contributed by atoms with Crippen LogP contribution in [0.4, 0.5) is 0 Å². The van der Waals surface area contributed by atoms with Crippen LogP contribution in [0.15, 0.2) is 33.2 Å². The molecule has 2 aromatic carbocycles. The zero-order chi connectivity index (χ0) is 26.7. The van der Waals surface area contributed by atoms with Gasteiger partial charge in [0.1, 0.15) is 12.1 Å². The highest BCUT2D eigenvalue weighted by Crippen LogP contribution is 2.42. The lowest BCUT2D eigenvalue weighted by Gasteiger charge is -2.25. The average Bonchev–Trinajstić information content (AvgIpc) is 2.80. The van der Waals surface area contributed by atoms with Gasteiger partial charge in [-0.05, 0) is 87.0 Å². The number of nitrogens with one attached hydrogen (secondary N) is 2. The van der Waals surface area contributed by atoms with Crippen LogP contribution in [0.2, 0.25) is 0 Å². The fourth-order valence-electron chi connectivity index (χ4n) is 3.80. The number of benzene rings is 2. The molecule has 12 heteroatoms. The summed E-state index contributed by atoms with van der Waals surface area (Å²) in [6.45, 7) is 3.03. The number of hydrogen-bond donors (Lipinski definition) is 5. The molecule has 0 saturated carbocycles. The number of phenols is 1. The number of fused-ring (bicyclic) bond motifs is 10. The fraction of sp³-hybridized carbons (Fsp3) is 0.375. The average molecular weight is 629 g/mol. The first kappa shape index (κ1) is 27.9. The van der Waals surface area contributed by atoms with Gasteiger partial charge in [-0.15, -0.1) is 0 Å². The van der Waals surface area contributed by atoms with Crippen LogP contribution in [0, 0.1) is 6.92 Å². The third-order valence-electron chi connectivity index (χ3n) is 5.69. The van der Waals surface area contributed by atoms with Gasteiger partial charge in [0.05, 0.1) is 28.2 Å². The van der Waals surface area contributed by atoms with Gasteiger partial charge in [0.2, 0.25) is 11.8 Å². The topological polar surface area (TPSA) is 160 Å². The number of carbonyl (C=O) groups excluding carboxylic acids is 3. The Morgan fingerprint density at radius 3 is 2.31 bits per heavy atom. The second-order valence-electron chi connectivity index (χ2n) is 8.58. The van der Waals surface area contributed by atoms with Crippen molar-refractivity contribution in [2.24, 2.45) is 5.73 Å². The van der Waals surface area contributed by atoms with Crippen LogP contribution in [0.25, 0.3) is 0 Å². The van der Waals surface area contributed by atoms with E-state index in [-0.39, 0.29) is 24.3 Å². The highest BCUT2D eigenvalue weighted by Gasteiger charge is 2.32. The number of hydrogen-bond acceptors (Lipinski definition) is 8. The highest BCUT2D eigenvalue weighted by molar-refractivity contribution is 9.11. The Labute approximate surface area is 224 Å². The predicted octanol–water partition coefficient (Wildman–Crippen LogP) is 1.97. The predicted molar refractivity (Wildman–Crippen MR) is 138 cm³/mol. The molecular formula is C24H27Br2N3O7. The minimum Gasteiger partial charge on any atom is -0.504 e. The van der Waals surface area contributed by atoms with Crippen molar-refractivity contribution in [1.29, 1.82) is 0 Å². The number of phenolic OH excluding ortho intramolecular Hbond substituents is 1. The molecule has 0 aromatic heterocycles. The first-order valence-corrected chi connectivity index (χ1v) is 12.6. The molecule has 2 aliphatic rings. The van der Waals surface area contributed by atoms with Crippen LogP contribution >= 0.6 is 31.9 Å². The molecule has 2 heterocycles. The molecule has 0 radical (unpaired) electrons. The summed E-state index contributed by atoms with van der Waals surface area (Å²) in [6.07, 6.45) is -1.18. The number of aliphatic hydroxyl groups is 1. The lowest BCUT2D eigenvalue weighted by atomic mass is 10.0. The van der Waals surface area contributed by atoms with Crippen molar-refractivity contribution < 1.29 is 34.1 Å². The summed E-state index contributed by atoms with van der Waals surface area (Å²) in [7, 11) is 1.19. The Bertz CT molecular complexity index is 1170. The molecule has 194 valence electrons. The van der Waals surface area contributed by atoms with Gasteiger partial charge in [0.25, 0.3) is 0 Å². The first-order chi connectivity index (χ1) is 16.9. The minimum absolute atomic E-state index is 0.0374.